The van der Waals surface area contributed by atoms with Crippen molar-refractivity contribution >= 4 is 5.97 Å². The SMILES string of the molecule is C[C@H]1[C@H]2OC[C@](CC(=O)O)(O2)[C@H](O)[C@@H]1O. The zero-order valence-electron chi connectivity index (χ0n) is 8.29. The second-order valence-electron chi connectivity index (χ2n) is 4.23. The van der Waals surface area contributed by atoms with Crippen LogP contribution in [0.15, 0.2) is 0 Å². The first-order valence-corrected chi connectivity index (χ1v) is 4.84. The van der Waals surface area contributed by atoms with E-state index >= 15 is 0 Å². The molecule has 0 aromatic rings. The zero-order chi connectivity index (χ0) is 11.2. The minimum absolute atomic E-state index is 0.00648. The Bertz CT molecular complexity index is 280. The molecule has 2 heterocycles. The number of aliphatic hydroxyl groups is 2. The van der Waals surface area contributed by atoms with Crippen molar-refractivity contribution in [2.24, 2.45) is 5.92 Å². The molecule has 0 aliphatic carbocycles. The van der Waals surface area contributed by atoms with Crippen LogP contribution in [0.5, 0.6) is 0 Å². The quantitative estimate of drug-likeness (QED) is 0.547. The molecule has 2 fully saturated rings. The molecule has 0 spiro atoms. The van der Waals surface area contributed by atoms with Crippen LogP contribution in [0.3, 0.4) is 0 Å². The number of carbonyl (C=O) groups is 1. The lowest BCUT2D eigenvalue weighted by Gasteiger charge is -2.41. The maximum atomic E-state index is 10.7. The minimum atomic E-state index is -1.29. The average molecular weight is 218 g/mol. The number of carboxylic acid groups (broad SMARTS) is 1. The summed E-state index contributed by atoms with van der Waals surface area (Å²) in [6, 6.07) is 0. The van der Waals surface area contributed by atoms with Gasteiger partial charge in [-0.15, -0.1) is 0 Å². The van der Waals surface area contributed by atoms with Crippen LogP contribution in [0.1, 0.15) is 13.3 Å². The van der Waals surface area contributed by atoms with Gasteiger partial charge >= 0.3 is 5.97 Å². The summed E-state index contributed by atoms with van der Waals surface area (Å²) in [6.45, 7) is 1.70. The third-order valence-electron chi connectivity index (χ3n) is 3.12. The fourth-order valence-electron chi connectivity index (χ4n) is 2.15. The van der Waals surface area contributed by atoms with Gasteiger partial charge in [-0.2, -0.15) is 0 Å². The summed E-state index contributed by atoms with van der Waals surface area (Å²) in [7, 11) is 0. The van der Waals surface area contributed by atoms with Gasteiger partial charge in [-0.25, -0.2) is 0 Å². The Morgan fingerprint density at radius 3 is 2.80 bits per heavy atom. The van der Waals surface area contributed by atoms with Gasteiger partial charge in [0.1, 0.15) is 11.7 Å². The normalized spacial score (nSPS) is 49.3. The molecule has 6 nitrogen and oxygen atoms in total. The fourth-order valence-corrected chi connectivity index (χ4v) is 2.15. The molecular weight excluding hydrogens is 204 g/mol. The van der Waals surface area contributed by atoms with Crippen molar-refractivity contribution < 1.29 is 29.6 Å². The van der Waals surface area contributed by atoms with E-state index in [0.29, 0.717) is 0 Å². The van der Waals surface area contributed by atoms with Crippen molar-refractivity contribution in [1.82, 2.24) is 0 Å². The van der Waals surface area contributed by atoms with Crippen LogP contribution in [0.25, 0.3) is 0 Å². The Balaban J connectivity index is 2.23. The lowest BCUT2D eigenvalue weighted by molar-refractivity contribution is -0.238. The van der Waals surface area contributed by atoms with Gasteiger partial charge in [0, 0.05) is 5.92 Å². The van der Waals surface area contributed by atoms with Gasteiger partial charge in [-0.3, -0.25) is 4.79 Å². The third kappa shape index (κ3) is 1.53. The van der Waals surface area contributed by atoms with Crippen molar-refractivity contribution in [2.75, 3.05) is 6.61 Å². The largest absolute Gasteiger partial charge is 0.481 e. The first-order chi connectivity index (χ1) is 6.96. The van der Waals surface area contributed by atoms with Gasteiger partial charge in [-0.05, 0) is 0 Å². The standard InChI is InChI=1S/C9H14O6/c1-4-6(12)7(13)9(2-5(10)11)3-14-8(4)15-9/h4,6-8,12-13H,2-3H2,1H3,(H,10,11)/t4-,6-,7-,8+,9+/m1/s1. The van der Waals surface area contributed by atoms with Crippen molar-refractivity contribution in [3.05, 3.63) is 0 Å². The van der Waals surface area contributed by atoms with Crippen LogP contribution >= 0.6 is 0 Å². The van der Waals surface area contributed by atoms with Gasteiger partial charge in [0.25, 0.3) is 0 Å². The number of rotatable bonds is 2. The third-order valence-corrected chi connectivity index (χ3v) is 3.12. The number of fused-ring (bicyclic) bond motifs is 2. The summed E-state index contributed by atoms with van der Waals surface area (Å²) >= 11 is 0. The Morgan fingerprint density at radius 1 is 1.53 bits per heavy atom. The monoisotopic (exact) mass is 218 g/mol. The predicted molar refractivity (Wildman–Crippen MR) is 47.0 cm³/mol. The fraction of sp³-hybridized carbons (Fsp3) is 0.889. The second kappa shape index (κ2) is 3.41. The Kier molecular flexibility index (Phi) is 2.46. The summed E-state index contributed by atoms with van der Waals surface area (Å²) in [5.74, 6) is -1.44. The summed E-state index contributed by atoms with van der Waals surface area (Å²) in [6.07, 6.45) is -3.22. The number of aliphatic carboxylic acids is 1. The average Bonchev–Trinajstić information content (AvgIpc) is 2.55. The lowest BCUT2D eigenvalue weighted by Crippen LogP contribution is -2.58. The number of carboxylic acids is 1. The molecule has 6 heteroatoms. The van der Waals surface area contributed by atoms with Crippen LogP contribution in [0.4, 0.5) is 0 Å². The number of ether oxygens (including phenoxy) is 2. The zero-order valence-corrected chi connectivity index (χ0v) is 8.29. The van der Waals surface area contributed by atoms with E-state index in [4.69, 9.17) is 14.6 Å². The lowest BCUT2D eigenvalue weighted by atomic mass is 9.83. The Labute approximate surface area is 86.4 Å². The van der Waals surface area contributed by atoms with E-state index < -0.39 is 30.1 Å². The molecule has 2 saturated heterocycles. The molecule has 15 heavy (non-hydrogen) atoms. The highest BCUT2D eigenvalue weighted by atomic mass is 16.7. The molecule has 5 atom stereocenters. The molecule has 0 radical (unpaired) electrons. The summed E-state index contributed by atoms with van der Waals surface area (Å²) in [4.78, 5) is 10.7. The van der Waals surface area contributed by atoms with Crippen LogP contribution in [-0.2, 0) is 14.3 Å². The Hall–Kier alpha value is -0.690. The molecule has 0 amide bonds. The summed E-state index contributed by atoms with van der Waals surface area (Å²) in [5, 5.41) is 28.2. The molecule has 0 aromatic heterocycles. The molecule has 0 saturated carbocycles. The highest BCUT2D eigenvalue weighted by Gasteiger charge is 2.58. The molecule has 86 valence electrons. The maximum absolute atomic E-state index is 10.7. The van der Waals surface area contributed by atoms with Crippen molar-refractivity contribution in [3.63, 3.8) is 0 Å². The van der Waals surface area contributed by atoms with Gasteiger partial charge in [0.2, 0.25) is 0 Å². The summed E-state index contributed by atoms with van der Waals surface area (Å²) < 4.78 is 10.6. The van der Waals surface area contributed by atoms with E-state index in [1.54, 1.807) is 6.92 Å². The van der Waals surface area contributed by atoms with E-state index in [0.717, 1.165) is 0 Å². The molecule has 2 bridgehead atoms. The van der Waals surface area contributed by atoms with Crippen LogP contribution in [-0.4, -0.2) is 52.0 Å². The molecule has 2 aliphatic heterocycles. The summed E-state index contributed by atoms with van der Waals surface area (Å²) in [5.41, 5.74) is -1.29. The highest BCUT2D eigenvalue weighted by molar-refractivity contribution is 5.68. The minimum Gasteiger partial charge on any atom is -0.481 e. The number of hydrogen-bond donors (Lipinski definition) is 3. The van der Waals surface area contributed by atoms with E-state index in [9.17, 15) is 15.0 Å². The van der Waals surface area contributed by atoms with E-state index in [1.165, 1.54) is 0 Å². The number of aliphatic hydroxyl groups excluding tert-OH is 2. The van der Waals surface area contributed by atoms with Crippen molar-refractivity contribution in [1.29, 1.82) is 0 Å². The van der Waals surface area contributed by atoms with Gasteiger partial charge < -0.3 is 24.8 Å². The van der Waals surface area contributed by atoms with Gasteiger partial charge in [0.05, 0.1) is 19.1 Å². The topological polar surface area (TPSA) is 96.2 Å². The van der Waals surface area contributed by atoms with E-state index in [1.807, 2.05) is 0 Å². The van der Waals surface area contributed by atoms with Crippen LogP contribution in [0, 0.1) is 5.92 Å². The highest BCUT2D eigenvalue weighted by Crippen LogP contribution is 2.41. The number of hydrogen-bond acceptors (Lipinski definition) is 5. The predicted octanol–water partition coefficient (Wildman–Crippen LogP) is -1.06. The smallest absolute Gasteiger partial charge is 0.306 e. The van der Waals surface area contributed by atoms with Crippen molar-refractivity contribution in [2.45, 2.75) is 37.4 Å². The molecule has 0 unspecified atom stereocenters. The second-order valence-corrected chi connectivity index (χ2v) is 4.23. The van der Waals surface area contributed by atoms with Gasteiger partial charge in [-0.1, -0.05) is 6.92 Å². The molecule has 3 N–H and O–H groups in total. The molecular formula is C9H14O6. The molecule has 0 aromatic carbocycles. The Morgan fingerprint density at radius 2 is 2.20 bits per heavy atom. The maximum Gasteiger partial charge on any atom is 0.306 e. The van der Waals surface area contributed by atoms with E-state index in [-0.39, 0.29) is 18.9 Å². The first kappa shape index (κ1) is 10.8. The molecule has 2 aliphatic rings. The molecule has 2 rings (SSSR count). The van der Waals surface area contributed by atoms with Crippen LogP contribution in [0.2, 0.25) is 0 Å². The van der Waals surface area contributed by atoms with Crippen molar-refractivity contribution in [3.8, 4) is 0 Å². The first-order valence-electron chi connectivity index (χ1n) is 4.84. The van der Waals surface area contributed by atoms with Crippen LogP contribution < -0.4 is 0 Å². The van der Waals surface area contributed by atoms with E-state index in [2.05, 4.69) is 0 Å². The van der Waals surface area contributed by atoms with Gasteiger partial charge in [0.15, 0.2) is 6.29 Å².